The molecule has 2 aromatic carbocycles. The van der Waals surface area contributed by atoms with Crippen molar-refractivity contribution in [2.75, 3.05) is 26.6 Å². The van der Waals surface area contributed by atoms with E-state index < -0.39 is 18.0 Å². The first kappa shape index (κ1) is 23.7. The molecule has 0 saturated heterocycles. The monoisotopic (exact) mass is 500 g/mol. The summed E-state index contributed by atoms with van der Waals surface area (Å²) >= 11 is 0. The lowest BCUT2D eigenvalue weighted by atomic mass is 9.78. The van der Waals surface area contributed by atoms with Gasteiger partial charge in [0.25, 0.3) is 5.82 Å². The smallest absolute Gasteiger partial charge is 0.453 e. The Morgan fingerprint density at radius 2 is 1.75 bits per heavy atom. The van der Waals surface area contributed by atoms with Crippen LogP contribution in [0.2, 0.25) is 0 Å². The van der Waals surface area contributed by atoms with Crippen molar-refractivity contribution in [3.05, 3.63) is 70.7 Å². The number of nitrogens with one attached hydrogen (secondary N) is 1. The van der Waals surface area contributed by atoms with Gasteiger partial charge in [0.1, 0.15) is 11.8 Å². The van der Waals surface area contributed by atoms with E-state index in [4.69, 9.17) is 14.2 Å². The van der Waals surface area contributed by atoms with Crippen LogP contribution < -0.4 is 19.5 Å². The Kier molecular flexibility index (Phi) is 5.85. The summed E-state index contributed by atoms with van der Waals surface area (Å²) in [7, 11) is 4.56. The molecule has 0 spiro atoms. The molecule has 5 rings (SSSR count). The van der Waals surface area contributed by atoms with Crippen LogP contribution in [0.25, 0.3) is 0 Å². The van der Waals surface area contributed by atoms with Crippen molar-refractivity contribution in [3.63, 3.8) is 0 Å². The van der Waals surface area contributed by atoms with E-state index in [2.05, 4.69) is 15.4 Å². The van der Waals surface area contributed by atoms with E-state index in [1.54, 1.807) is 30.3 Å². The minimum atomic E-state index is -4.74. The Bertz CT molecular complexity index is 1370. The molecule has 1 aliphatic heterocycles. The summed E-state index contributed by atoms with van der Waals surface area (Å²) in [5.41, 5.74) is 2.31. The molecule has 0 fully saturated rings. The minimum absolute atomic E-state index is 0.0744. The quantitative estimate of drug-likeness (QED) is 0.542. The molecule has 0 saturated carbocycles. The van der Waals surface area contributed by atoms with Gasteiger partial charge in [0.05, 0.1) is 21.3 Å². The molecule has 0 bridgehead atoms. The molecule has 8 nitrogen and oxygen atoms in total. The van der Waals surface area contributed by atoms with Crippen LogP contribution in [0.5, 0.6) is 17.2 Å². The van der Waals surface area contributed by atoms with Crippen molar-refractivity contribution in [3.8, 4) is 17.2 Å². The zero-order valence-electron chi connectivity index (χ0n) is 19.7. The normalized spacial score (nSPS) is 19.3. The van der Waals surface area contributed by atoms with Gasteiger partial charge < -0.3 is 19.5 Å². The fourth-order valence-corrected chi connectivity index (χ4v) is 4.79. The Hall–Kier alpha value is -4.02. The Morgan fingerprint density at radius 1 is 0.972 bits per heavy atom. The standard InChI is InChI=1S/C25H23F3N4O4/c1-34-16-6-4-5-14(9-16)22-21-17(29-24-30-23(25(26,27)28)31-32(22)24)10-15(11-18(21)33)13-7-8-19(35-2)20(12-13)36-3/h4-9,12,15,22H,10-11H2,1-3H3,(H,29,30,31)/t15-,22-/m1/s1. The second kappa shape index (κ2) is 8.89. The first-order valence-corrected chi connectivity index (χ1v) is 11.2. The predicted octanol–water partition coefficient (Wildman–Crippen LogP) is 4.74. The van der Waals surface area contributed by atoms with Gasteiger partial charge in [-0.15, -0.1) is 5.10 Å². The van der Waals surface area contributed by atoms with Gasteiger partial charge in [0.2, 0.25) is 5.95 Å². The van der Waals surface area contributed by atoms with Crippen LogP contribution >= 0.6 is 0 Å². The number of Topliss-reactive ketones (excluding diaryl/α,β-unsaturated/α-hetero) is 1. The summed E-state index contributed by atoms with van der Waals surface area (Å²) in [4.78, 5) is 17.3. The number of fused-ring (bicyclic) bond motifs is 1. The maximum Gasteiger partial charge on any atom is 0.453 e. The van der Waals surface area contributed by atoms with E-state index in [9.17, 15) is 18.0 Å². The molecule has 11 heteroatoms. The van der Waals surface area contributed by atoms with Crippen LogP contribution in [0.15, 0.2) is 53.7 Å². The lowest BCUT2D eigenvalue weighted by Crippen LogP contribution is -2.33. The average Bonchev–Trinajstić information content (AvgIpc) is 3.31. The molecule has 2 heterocycles. The van der Waals surface area contributed by atoms with Gasteiger partial charge in [0, 0.05) is 17.7 Å². The molecular formula is C25H23F3N4O4. The van der Waals surface area contributed by atoms with Crippen molar-refractivity contribution < 1.29 is 32.2 Å². The van der Waals surface area contributed by atoms with E-state index in [1.165, 1.54) is 21.3 Å². The number of ether oxygens (including phenoxy) is 3. The molecule has 1 aliphatic carbocycles. The maximum atomic E-state index is 13.6. The number of aromatic nitrogens is 3. The lowest BCUT2D eigenvalue weighted by molar-refractivity contribution is -0.145. The number of rotatable bonds is 5. The third-order valence-electron chi connectivity index (χ3n) is 6.46. The van der Waals surface area contributed by atoms with Gasteiger partial charge in [-0.2, -0.15) is 18.2 Å². The van der Waals surface area contributed by atoms with Crippen molar-refractivity contribution in [2.45, 2.75) is 31.0 Å². The van der Waals surface area contributed by atoms with Gasteiger partial charge in [-0.25, -0.2) is 4.68 Å². The molecule has 0 amide bonds. The summed E-state index contributed by atoms with van der Waals surface area (Å²) < 4.78 is 57.6. The minimum Gasteiger partial charge on any atom is -0.497 e. The van der Waals surface area contributed by atoms with E-state index in [0.717, 1.165) is 10.2 Å². The highest BCUT2D eigenvalue weighted by Gasteiger charge is 2.43. The number of benzene rings is 2. The van der Waals surface area contributed by atoms with Gasteiger partial charge in [-0.3, -0.25) is 4.79 Å². The molecular weight excluding hydrogens is 477 g/mol. The van der Waals surface area contributed by atoms with Crippen LogP contribution in [0, 0.1) is 0 Å². The maximum absolute atomic E-state index is 13.6. The fourth-order valence-electron chi connectivity index (χ4n) is 4.79. The lowest BCUT2D eigenvalue weighted by Gasteiger charge is -2.35. The zero-order chi connectivity index (χ0) is 25.6. The molecule has 2 atom stereocenters. The topological polar surface area (TPSA) is 87.5 Å². The van der Waals surface area contributed by atoms with Gasteiger partial charge >= 0.3 is 6.18 Å². The number of nitrogens with zero attached hydrogens (tertiary/aromatic N) is 3. The average molecular weight is 500 g/mol. The summed E-state index contributed by atoms with van der Waals surface area (Å²) in [6, 6.07) is 11.4. The van der Waals surface area contributed by atoms with Gasteiger partial charge in [0.15, 0.2) is 17.3 Å². The largest absolute Gasteiger partial charge is 0.497 e. The first-order chi connectivity index (χ1) is 17.2. The molecule has 188 valence electrons. The molecule has 2 aliphatic rings. The number of halogens is 3. The summed E-state index contributed by atoms with van der Waals surface area (Å²) in [6.45, 7) is 0. The summed E-state index contributed by atoms with van der Waals surface area (Å²) in [5, 5.41) is 6.70. The van der Waals surface area contributed by atoms with Gasteiger partial charge in [-0.1, -0.05) is 18.2 Å². The zero-order valence-corrected chi connectivity index (χ0v) is 19.7. The number of ketones is 1. The number of hydrogen-bond acceptors (Lipinski definition) is 7. The molecule has 36 heavy (non-hydrogen) atoms. The van der Waals surface area contributed by atoms with Crippen molar-refractivity contribution >= 4 is 11.7 Å². The van der Waals surface area contributed by atoms with Crippen LogP contribution in [0.4, 0.5) is 19.1 Å². The van der Waals surface area contributed by atoms with Crippen LogP contribution in [0.1, 0.15) is 41.8 Å². The van der Waals surface area contributed by atoms with Crippen molar-refractivity contribution in [1.29, 1.82) is 0 Å². The van der Waals surface area contributed by atoms with E-state index in [0.29, 0.717) is 40.5 Å². The number of methoxy groups -OCH3 is 3. The SMILES string of the molecule is COc1cccc([C@@H]2C3=C(C[C@@H](c4ccc(OC)c(OC)c4)CC3=O)Nc3nc(C(F)(F)F)nn32)c1. The third-order valence-corrected chi connectivity index (χ3v) is 6.46. The van der Waals surface area contributed by atoms with E-state index in [1.807, 2.05) is 12.1 Å². The molecule has 0 unspecified atom stereocenters. The Balaban J connectivity index is 1.60. The molecule has 1 N–H and O–H groups in total. The highest BCUT2D eigenvalue weighted by atomic mass is 19.4. The van der Waals surface area contributed by atoms with E-state index in [-0.39, 0.29) is 24.1 Å². The Labute approximate surface area is 204 Å². The summed E-state index contributed by atoms with van der Waals surface area (Å²) in [5.74, 6) is -0.154. The second-order valence-electron chi connectivity index (χ2n) is 8.54. The third kappa shape index (κ3) is 4.04. The second-order valence-corrected chi connectivity index (χ2v) is 8.54. The molecule has 3 aromatic rings. The van der Waals surface area contributed by atoms with Crippen LogP contribution in [0.3, 0.4) is 0 Å². The number of carbonyl (C=O) groups excluding carboxylic acids is 1. The van der Waals surface area contributed by atoms with E-state index >= 15 is 0 Å². The predicted molar refractivity (Wildman–Crippen MR) is 123 cm³/mol. The Morgan fingerprint density at radius 3 is 2.44 bits per heavy atom. The van der Waals surface area contributed by atoms with Gasteiger partial charge in [-0.05, 0) is 47.7 Å². The number of alkyl halides is 3. The number of hydrogen-bond donors (Lipinski definition) is 1. The summed E-state index contributed by atoms with van der Waals surface area (Å²) in [6.07, 6.45) is -4.17. The van der Waals surface area contributed by atoms with Crippen LogP contribution in [-0.4, -0.2) is 41.9 Å². The molecule has 1 aromatic heterocycles. The highest BCUT2D eigenvalue weighted by molar-refractivity contribution is 6.00. The number of anilines is 1. The first-order valence-electron chi connectivity index (χ1n) is 11.2. The van der Waals surface area contributed by atoms with Crippen molar-refractivity contribution in [1.82, 2.24) is 14.8 Å². The van der Waals surface area contributed by atoms with Crippen LogP contribution in [-0.2, 0) is 11.0 Å². The fraction of sp³-hybridized carbons (Fsp3) is 0.320. The number of allylic oxidation sites excluding steroid dienone is 2. The molecule has 0 radical (unpaired) electrons. The van der Waals surface area contributed by atoms with Crippen molar-refractivity contribution in [2.24, 2.45) is 0 Å². The number of carbonyl (C=O) groups is 1. The highest BCUT2D eigenvalue weighted by Crippen LogP contribution is 2.46.